The Balaban J connectivity index is 0.00000220. The smallest absolute Gasteiger partial charge is 0.243 e. The number of thiazole rings is 1. The van der Waals surface area contributed by atoms with Crippen LogP contribution in [0.3, 0.4) is 0 Å². The van der Waals surface area contributed by atoms with E-state index in [0.717, 1.165) is 16.3 Å². The maximum atomic E-state index is 11.9. The highest BCUT2D eigenvalue weighted by Gasteiger charge is 2.15. The van der Waals surface area contributed by atoms with Crippen LogP contribution in [-0.2, 0) is 4.79 Å². The largest absolute Gasteiger partial charge is 0.320 e. The van der Waals surface area contributed by atoms with Crippen molar-refractivity contribution in [2.75, 3.05) is 17.3 Å². The molecule has 0 aromatic carbocycles. The fraction of sp³-hybridized carbons (Fsp3) is 0.385. The molecule has 4 nitrogen and oxygen atoms in total. The van der Waals surface area contributed by atoms with Crippen LogP contribution in [0.2, 0.25) is 0 Å². The summed E-state index contributed by atoms with van der Waals surface area (Å²) in [5.74, 6) is 0.717. The molecular weight excluding hydrogens is 346 g/mol. The van der Waals surface area contributed by atoms with Crippen LogP contribution in [0.5, 0.6) is 0 Å². The van der Waals surface area contributed by atoms with Crippen molar-refractivity contribution in [1.82, 2.24) is 4.98 Å². The van der Waals surface area contributed by atoms with E-state index in [9.17, 15) is 4.79 Å². The molecule has 0 aliphatic rings. The number of carbonyl (C=O) groups is 1. The Kier molecular flexibility index (Phi) is 7.69. The number of hydrogen-bond donors (Lipinski definition) is 2. The van der Waals surface area contributed by atoms with Gasteiger partial charge in [-0.15, -0.1) is 35.1 Å². The molecule has 0 aliphatic carbocycles. The molecule has 2 aromatic heterocycles. The summed E-state index contributed by atoms with van der Waals surface area (Å²) in [5, 5.41) is 5.35. The van der Waals surface area contributed by atoms with E-state index in [-0.39, 0.29) is 18.3 Å². The molecule has 1 amide bonds. The summed E-state index contributed by atoms with van der Waals surface area (Å²) < 4.78 is 0. The number of carbonyl (C=O) groups excluding carboxylic acids is 1. The topological polar surface area (TPSA) is 68.0 Å². The van der Waals surface area contributed by atoms with Gasteiger partial charge < -0.3 is 11.1 Å². The molecule has 0 spiro atoms. The molecule has 21 heavy (non-hydrogen) atoms. The van der Waals surface area contributed by atoms with Crippen LogP contribution in [0, 0.1) is 6.92 Å². The van der Waals surface area contributed by atoms with Crippen molar-refractivity contribution in [2.45, 2.75) is 19.4 Å². The van der Waals surface area contributed by atoms with Crippen molar-refractivity contribution in [2.24, 2.45) is 5.73 Å². The van der Waals surface area contributed by atoms with Crippen LogP contribution in [0.4, 0.5) is 5.13 Å². The third-order valence-corrected chi connectivity index (χ3v) is 5.12. The molecule has 2 aromatic rings. The van der Waals surface area contributed by atoms with E-state index in [1.54, 1.807) is 23.1 Å². The molecule has 2 rings (SSSR count). The number of thiophene rings is 1. The lowest BCUT2D eigenvalue weighted by atomic mass is 10.2. The predicted molar refractivity (Wildman–Crippen MR) is 97.0 cm³/mol. The van der Waals surface area contributed by atoms with E-state index in [2.05, 4.69) is 23.3 Å². The summed E-state index contributed by atoms with van der Waals surface area (Å²) in [6, 6.07) is 3.64. The third-order valence-electron chi connectivity index (χ3n) is 2.70. The van der Waals surface area contributed by atoms with Crippen LogP contribution in [0.1, 0.15) is 11.3 Å². The summed E-state index contributed by atoms with van der Waals surface area (Å²) in [6.45, 7) is 2.06. The highest BCUT2D eigenvalue weighted by atomic mass is 35.5. The number of anilines is 1. The van der Waals surface area contributed by atoms with Gasteiger partial charge in [-0.2, -0.15) is 11.8 Å². The van der Waals surface area contributed by atoms with Gasteiger partial charge in [0.1, 0.15) is 0 Å². The number of amides is 1. The minimum Gasteiger partial charge on any atom is -0.320 e. The number of rotatable bonds is 6. The molecule has 0 aliphatic heterocycles. The third kappa shape index (κ3) is 5.27. The minimum atomic E-state index is -0.473. The van der Waals surface area contributed by atoms with Gasteiger partial charge in [0, 0.05) is 10.3 Å². The average molecular weight is 364 g/mol. The van der Waals surface area contributed by atoms with Crippen molar-refractivity contribution in [3.8, 4) is 10.6 Å². The Morgan fingerprint density at radius 1 is 1.52 bits per heavy atom. The quantitative estimate of drug-likeness (QED) is 0.822. The summed E-state index contributed by atoms with van der Waals surface area (Å²) in [7, 11) is 0. The zero-order valence-corrected chi connectivity index (χ0v) is 15.1. The zero-order valence-electron chi connectivity index (χ0n) is 11.8. The first-order valence-corrected chi connectivity index (χ1v) is 9.27. The molecule has 0 saturated heterocycles. The van der Waals surface area contributed by atoms with Gasteiger partial charge in [0.25, 0.3) is 0 Å². The minimum absolute atomic E-state index is 0. The van der Waals surface area contributed by atoms with Crippen LogP contribution >= 0.6 is 46.8 Å². The Morgan fingerprint density at radius 2 is 2.29 bits per heavy atom. The standard InChI is InChI=1S/C13H17N3OS3.ClH/c1-8-3-4-11(20-8)10-7-19-13(15-10)16-12(17)9(14)5-6-18-2;/h3-4,7,9H,5-6,14H2,1-2H3,(H,15,16,17);1H/t9-;/m0./s1. The van der Waals surface area contributed by atoms with Crippen molar-refractivity contribution < 1.29 is 4.79 Å². The highest BCUT2D eigenvalue weighted by Crippen LogP contribution is 2.30. The molecule has 0 bridgehead atoms. The first-order valence-electron chi connectivity index (χ1n) is 6.18. The van der Waals surface area contributed by atoms with Gasteiger partial charge in [-0.3, -0.25) is 4.79 Å². The maximum absolute atomic E-state index is 11.9. The van der Waals surface area contributed by atoms with Crippen molar-refractivity contribution in [3.05, 3.63) is 22.4 Å². The second kappa shape index (κ2) is 8.75. The molecule has 3 N–H and O–H groups in total. The molecule has 2 heterocycles. The Labute approximate surface area is 143 Å². The number of aryl methyl sites for hydroxylation is 1. The number of halogens is 1. The first kappa shape index (κ1) is 18.4. The Hall–Kier alpha value is -0.600. The number of nitrogens with one attached hydrogen (secondary N) is 1. The molecule has 8 heteroatoms. The van der Waals surface area contributed by atoms with Gasteiger partial charge >= 0.3 is 0 Å². The van der Waals surface area contributed by atoms with E-state index in [4.69, 9.17) is 5.73 Å². The highest BCUT2D eigenvalue weighted by molar-refractivity contribution is 7.98. The monoisotopic (exact) mass is 363 g/mol. The van der Waals surface area contributed by atoms with Crippen LogP contribution in [0.25, 0.3) is 10.6 Å². The predicted octanol–water partition coefficient (Wildman–Crippen LogP) is 3.62. The van der Waals surface area contributed by atoms with Crippen LogP contribution in [0.15, 0.2) is 17.5 Å². The van der Waals surface area contributed by atoms with Crippen molar-refractivity contribution >= 4 is 57.9 Å². The summed E-state index contributed by atoms with van der Waals surface area (Å²) >= 11 is 4.81. The second-order valence-electron chi connectivity index (χ2n) is 4.33. The Bertz CT molecular complexity index is 585. The molecule has 0 unspecified atom stereocenters. The summed E-state index contributed by atoms with van der Waals surface area (Å²) in [6.07, 6.45) is 2.68. The maximum Gasteiger partial charge on any atom is 0.243 e. The first-order chi connectivity index (χ1) is 9.60. The lowest BCUT2D eigenvalue weighted by molar-refractivity contribution is -0.117. The van der Waals surface area contributed by atoms with E-state index in [0.29, 0.717) is 11.6 Å². The molecule has 0 radical (unpaired) electrons. The van der Waals surface area contributed by atoms with Crippen LogP contribution in [-0.4, -0.2) is 28.9 Å². The SMILES string of the molecule is CSCC[C@H](N)C(=O)Nc1nc(-c2ccc(C)s2)cs1.Cl. The lowest BCUT2D eigenvalue weighted by Gasteiger charge is -2.09. The normalized spacial score (nSPS) is 11.8. The number of thioether (sulfide) groups is 1. The van der Waals surface area contributed by atoms with Crippen molar-refractivity contribution in [3.63, 3.8) is 0 Å². The number of nitrogens with two attached hydrogens (primary N) is 1. The van der Waals surface area contributed by atoms with E-state index in [1.807, 2.05) is 17.7 Å². The van der Waals surface area contributed by atoms with E-state index in [1.165, 1.54) is 16.2 Å². The van der Waals surface area contributed by atoms with Gasteiger partial charge in [-0.1, -0.05) is 0 Å². The zero-order chi connectivity index (χ0) is 14.5. The van der Waals surface area contributed by atoms with Gasteiger partial charge in [0.2, 0.25) is 5.91 Å². The fourth-order valence-corrected chi connectivity index (χ4v) is 3.70. The van der Waals surface area contributed by atoms with Gasteiger partial charge in [-0.05, 0) is 37.5 Å². The van der Waals surface area contributed by atoms with Crippen LogP contribution < -0.4 is 11.1 Å². The second-order valence-corrected chi connectivity index (χ2v) is 7.46. The van der Waals surface area contributed by atoms with E-state index >= 15 is 0 Å². The molecule has 0 fully saturated rings. The molecular formula is C13H18ClN3OS3. The number of hydrogen-bond acceptors (Lipinski definition) is 6. The summed E-state index contributed by atoms with van der Waals surface area (Å²) in [5.41, 5.74) is 6.73. The lowest BCUT2D eigenvalue weighted by Crippen LogP contribution is -2.36. The van der Waals surface area contributed by atoms with Gasteiger partial charge in [0.15, 0.2) is 5.13 Å². The van der Waals surface area contributed by atoms with Gasteiger partial charge in [0.05, 0.1) is 16.6 Å². The fourth-order valence-electron chi connectivity index (χ4n) is 1.59. The average Bonchev–Trinajstić information content (AvgIpc) is 3.04. The van der Waals surface area contributed by atoms with Gasteiger partial charge in [-0.25, -0.2) is 4.98 Å². The Morgan fingerprint density at radius 3 is 2.90 bits per heavy atom. The summed E-state index contributed by atoms with van der Waals surface area (Å²) in [4.78, 5) is 18.7. The molecule has 1 atom stereocenters. The van der Waals surface area contributed by atoms with E-state index < -0.39 is 6.04 Å². The number of aromatic nitrogens is 1. The molecule has 116 valence electrons. The molecule has 0 saturated carbocycles. The number of nitrogens with zero attached hydrogens (tertiary/aromatic N) is 1. The van der Waals surface area contributed by atoms with Crippen molar-refractivity contribution in [1.29, 1.82) is 0 Å².